The van der Waals surface area contributed by atoms with E-state index in [9.17, 15) is 35.9 Å². The van der Waals surface area contributed by atoms with E-state index in [-0.39, 0.29) is 45.9 Å². The standard InChI is InChI=1S/C24H27F3N2O2.C24H27F3N2OS/c2*1-31-20-16-18(24(25,26)27)10-11-19(20)22(30)28-21(17-8-3-2-4-9-17)23(12-7-13-23)29-14-5-6-15-29/h2*2-4,8-11,16,21H,5-7,12-15H2,1H3,(H,28,30). The van der Waals surface area contributed by atoms with Gasteiger partial charge in [-0.2, -0.15) is 26.3 Å². The number of carbonyl (C=O) groups is 2. The van der Waals surface area contributed by atoms with Crippen LogP contribution in [0, 0.1) is 0 Å². The SMILES string of the molecule is COc1cc(C(F)(F)F)ccc1C(=O)NC(c1ccccc1)C1(N2CCCC2)CCC1.CSc1cc(C(F)(F)F)ccc1C(=O)NC(c1ccccc1)C1(N2CCCC2)CCC1. The smallest absolute Gasteiger partial charge is 0.416 e. The van der Waals surface area contributed by atoms with Gasteiger partial charge in [0.2, 0.25) is 0 Å². The molecule has 2 atom stereocenters. The average molecular weight is 881 g/mol. The second-order valence-corrected chi connectivity index (χ2v) is 17.6. The van der Waals surface area contributed by atoms with E-state index in [1.165, 1.54) is 19.2 Å². The maximum Gasteiger partial charge on any atom is 0.416 e. The molecule has 4 aromatic carbocycles. The van der Waals surface area contributed by atoms with Crippen LogP contribution in [-0.4, -0.2) is 72.2 Å². The van der Waals surface area contributed by atoms with Crippen molar-refractivity contribution in [1.29, 1.82) is 0 Å². The van der Waals surface area contributed by atoms with Crippen LogP contribution in [0.5, 0.6) is 5.75 Å². The van der Waals surface area contributed by atoms with Crippen LogP contribution in [0.1, 0.15) is 119 Å². The van der Waals surface area contributed by atoms with Crippen molar-refractivity contribution in [1.82, 2.24) is 20.4 Å². The Balaban J connectivity index is 0.000000186. The van der Waals surface area contributed by atoms with Gasteiger partial charge in [0.05, 0.1) is 41.4 Å². The van der Waals surface area contributed by atoms with E-state index in [4.69, 9.17) is 4.74 Å². The lowest BCUT2D eigenvalue weighted by Crippen LogP contribution is -2.60. The largest absolute Gasteiger partial charge is 0.496 e. The van der Waals surface area contributed by atoms with Crippen LogP contribution in [0.3, 0.4) is 0 Å². The summed E-state index contributed by atoms with van der Waals surface area (Å²) in [6, 6.07) is 25.7. The fourth-order valence-electron chi connectivity index (χ4n) is 9.85. The lowest BCUT2D eigenvalue weighted by molar-refractivity contribution is -0.138. The molecular formula is C48H54F6N4O3S. The molecule has 4 fully saturated rings. The highest BCUT2D eigenvalue weighted by Crippen LogP contribution is 2.50. The minimum Gasteiger partial charge on any atom is -0.496 e. The number of nitrogens with one attached hydrogen (secondary N) is 2. The van der Waals surface area contributed by atoms with E-state index in [0.29, 0.717) is 4.90 Å². The van der Waals surface area contributed by atoms with Gasteiger partial charge in [-0.25, -0.2) is 0 Å². The zero-order valence-corrected chi connectivity index (χ0v) is 35.9. The third-order valence-corrected chi connectivity index (χ3v) is 14.1. The third-order valence-electron chi connectivity index (χ3n) is 13.3. The molecule has 2 heterocycles. The molecule has 0 spiro atoms. The highest BCUT2D eigenvalue weighted by atomic mass is 32.2. The molecule has 2 amide bonds. The topological polar surface area (TPSA) is 73.9 Å². The Labute approximate surface area is 364 Å². The van der Waals surface area contributed by atoms with Crippen LogP contribution in [0.25, 0.3) is 0 Å². The number of methoxy groups -OCH3 is 1. The molecular weight excluding hydrogens is 827 g/mol. The van der Waals surface area contributed by atoms with E-state index in [2.05, 4.69) is 20.4 Å². The van der Waals surface area contributed by atoms with Crippen molar-refractivity contribution in [2.45, 2.75) is 105 Å². The number of rotatable bonds is 12. The van der Waals surface area contributed by atoms with E-state index in [0.717, 1.165) is 138 Å². The van der Waals surface area contributed by atoms with Gasteiger partial charge >= 0.3 is 12.4 Å². The first-order valence-electron chi connectivity index (χ1n) is 21.4. The number of likely N-dealkylation sites (tertiary alicyclic amines) is 2. The van der Waals surface area contributed by atoms with Crippen molar-refractivity contribution in [2.75, 3.05) is 39.5 Å². The van der Waals surface area contributed by atoms with Crippen molar-refractivity contribution in [3.63, 3.8) is 0 Å². The Morgan fingerprint density at radius 3 is 1.37 bits per heavy atom. The highest BCUT2D eigenvalue weighted by Gasteiger charge is 2.52. The Bertz CT molecular complexity index is 2000. The molecule has 0 aromatic heterocycles. The Kier molecular flexibility index (Phi) is 14.0. The average Bonchev–Trinajstić information content (AvgIpc) is 3.98. The molecule has 4 aliphatic rings. The Morgan fingerprint density at radius 2 is 1.00 bits per heavy atom. The van der Waals surface area contributed by atoms with Crippen LogP contribution in [0.2, 0.25) is 0 Å². The molecule has 7 nitrogen and oxygen atoms in total. The molecule has 332 valence electrons. The fraction of sp³-hybridized carbons (Fsp3) is 0.458. The monoisotopic (exact) mass is 880 g/mol. The summed E-state index contributed by atoms with van der Waals surface area (Å²) >= 11 is 1.16. The van der Waals surface area contributed by atoms with Crippen molar-refractivity contribution in [2.24, 2.45) is 0 Å². The zero-order chi connectivity index (χ0) is 44.1. The van der Waals surface area contributed by atoms with E-state index in [1.807, 2.05) is 60.7 Å². The maximum atomic E-state index is 13.3. The van der Waals surface area contributed by atoms with Crippen molar-refractivity contribution in [3.8, 4) is 5.75 Å². The third kappa shape index (κ3) is 9.52. The number of benzene rings is 4. The highest BCUT2D eigenvalue weighted by molar-refractivity contribution is 7.98. The first-order valence-corrected chi connectivity index (χ1v) is 22.6. The first-order chi connectivity index (χ1) is 29.7. The molecule has 62 heavy (non-hydrogen) atoms. The number of alkyl halides is 6. The predicted octanol–water partition coefficient (Wildman–Crippen LogP) is 11.1. The summed E-state index contributed by atoms with van der Waals surface area (Å²) in [6.45, 7) is 4.05. The molecule has 2 aliphatic carbocycles. The van der Waals surface area contributed by atoms with Crippen molar-refractivity contribution in [3.05, 3.63) is 130 Å². The number of hydrogen-bond acceptors (Lipinski definition) is 6. The van der Waals surface area contributed by atoms with E-state index >= 15 is 0 Å². The van der Waals surface area contributed by atoms with Gasteiger partial charge in [-0.1, -0.05) is 60.7 Å². The van der Waals surface area contributed by atoms with E-state index in [1.54, 1.807) is 6.26 Å². The molecule has 2 N–H and O–H groups in total. The number of hydrogen-bond donors (Lipinski definition) is 2. The number of carbonyl (C=O) groups excluding carboxylic acids is 2. The van der Waals surface area contributed by atoms with E-state index < -0.39 is 29.4 Å². The van der Waals surface area contributed by atoms with Gasteiger partial charge < -0.3 is 15.4 Å². The normalized spacial score (nSPS) is 19.5. The molecule has 2 unspecified atom stereocenters. The Morgan fingerprint density at radius 1 is 0.597 bits per heavy atom. The van der Waals surface area contributed by atoms with Crippen LogP contribution in [0.4, 0.5) is 26.3 Å². The van der Waals surface area contributed by atoms with Crippen LogP contribution < -0.4 is 15.4 Å². The molecule has 0 bridgehead atoms. The molecule has 14 heteroatoms. The van der Waals surface area contributed by atoms with Crippen molar-refractivity contribution < 1.29 is 40.7 Å². The van der Waals surface area contributed by atoms with Crippen molar-refractivity contribution >= 4 is 23.6 Å². The molecule has 2 aliphatic heterocycles. The van der Waals surface area contributed by atoms with Gasteiger partial charge in [-0.15, -0.1) is 11.8 Å². The van der Waals surface area contributed by atoms with Crippen LogP contribution in [0.15, 0.2) is 102 Å². The summed E-state index contributed by atoms with van der Waals surface area (Å²) < 4.78 is 83.8. The lowest BCUT2D eigenvalue weighted by Gasteiger charge is -2.54. The van der Waals surface area contributed by atoms with Gasteiger partial charge in [0.25, 0.3) is 11.8 Å². The van der Waals surface area contributed by atoms with Crippen LogP contribution >= 0.6 is 11.8 Å². The summed E-state index contributed by atoms with van der Waals surface area (Å²) in [4.78, 5) is 32.0. The summed E-state index contributed by atoms with van der Waals surface area (Å²) in [5.74, 6) is -0.828. The summed E-state index contributed by atoms with van der Waals surface area (Å²) in [6.07, 6.45) is 3.56. The Hall–Kier alpha value is -4.53. The zero-order valence-electron chi connectivity index (χ0n) is 35.1. The number of thioether (sulfide) groups is 1. The van der Waals surface area contributed by atoms with Crippen LogP contribution in [-0.2, 0) is 12.4 Å². The molecule has 2 saturated heterocycles. The molecule has 4 aromatic rings. The molecule has 0 radical (unpaired) electrons. The number of amides is 2. The second kappa shape index (κ2) is 19.1. The fourth-order valence-corrected chi connectivity index (χ4v) is 10.5. The second-order valence-electron chi connectivity index (χ2n) is 16.8. The van der Waals surface area contributed by atoms with Gasteiger partial charge in [0.15, 0.2) is 0 Å². The minimum atomic E-state index is -4.50. The quantitative estimate of drug-likeness (QED) is 0.109. The van der Waals surface area contributed by atoms with Gasteiger partial charge in [0.1, 0.15) is 5.75 Å². The molecule has 8 rings (SSSR count). The first kappa shape index (κ1) is 45.5. The number of ether oxygens (including phenoxy) is 1. The summed E-state index contributed by atoms with van der Waals surface area (Å²) in [7, 11) is 1.28. The lowest BCUT2D eigenvalue weighted by atomic mass is 9.68. The number of halogens is 6. The number of nitrogens with zero attached hydrogens (tertiary/aromatic N) is 2. The maximum absolute atomic E-state index is 13.3. The summed E-state index contributed by atoms with van der Waals surface area (Å²) in [5.41, 5.74) is 0.581. The predicted molar refractivity (Wildman–Crippen MR) is 229 cm³/mol. The summed E-state index contributed by atoms with van der Waals surface area (Å²) in [5, 5.41) is 6.39. The minimum absolute atomic E-state index is 0.0806. The molecule has 2 saturated carbocycles. The van der Waals surface area contributed by atoms with Gasteiger partial charge in [0, 0.05) is 16.0 Å². The van der Waals surface area contributed by atoms with Gasteiger partial charge in [-0.3, -0.25) is 19.4 Å². The van der Waals surface area contributed by atoms with Gasteiger partial charge in [-0.05, 0) is 144 Å².